The highest BCUT2D eigenvalue weighted by Crippen LogP contribution is 2.46. The van der Waals surface area contributed by atoms with Crippen LogP contribution in [0.3, 0.4) is 0 Å². The molecule has 0 N–H and O–H groups in total. The van der Waals surface area contributed by atoms with Crippen molar-refractivity contribution >= 4 is 0 Å². The molecule has 0 aromatic heterocycles. The third-order valence-corrected chi connectivity index (χ3v) is 5.19. The highest BCUT2D eigenvalue weighted by molar-refractivity contribution is 4.84. The van der Waals surface area contributed by atoms with Gasteiger partial charge < -0.3 is 0 Å². The molecule has 1 rings (SSSR count). The van der Waals surface area contributed by atoms with Gasteiger partial charge in [-0.2, -0.15) is 0 Å². The van der Waals surface area contributed by atoms with Gasteiger partial charge in [-0.1, -0.05) is 65.7 Å². The largest absolute Gasteiger partial charge is 0.0654 e. The summed E-state index contributed by atoms with van der Waals surface area (Å²) in [4.78, 5) is 0. The first-order chi connectivity index (χ1) is 8.26. The van der Waals surface area contributed by atoms with E-state index in [-0.39, 0.29) is 0 Å². The smallest absolute Gasteiger partial charge is 0.0300 e. The normalized spacial score (nSPS) is 29.5. The fourth-order valence-corrected chi connectivity index (χ4v) is 3.60. The molecule has 0 amide bonds. The fourth-order valence-electron chi connectivity index (χ4n) is 3.60. The molecule has 0 bridgehead atoms. The standard InChI is InChI=1S/C17H34/c1-4-7-9-13-17(6-3)14-11-16(12-15-17)10-8-5-2/h16H,4-15H2,1-3H3. The summed E-state index contributed by atoms with van der Waals surface area (Å²) in [6.07, 6.45) is 17.7. The minimum Gasteiger partial charge on any atom is -0.0654 e. The predicted octanol–water partition coefficient (Wildman–Crippen LogP) is 6.34. The average molecular weight is 238 g/mol. The Labute approximate surface area is 110 Å². The number of rotatable bonds is 8. The summed E-state index contributed by atoms with van der Waals surface area (Å²) in [5, 5.41) is 0. The van der Waals surface area contributed by atoms with Gasteiger partial charge in [-0.25, -0.2) is 0 Å². The Morgan fingerprint density at radius 1 is 0.882 bits per heavy atom. The first-order valence-corrected chi connectivity index (χ1v) is 8.26. The van der Waals surface area contributed by atoms with Crippen LogP contribution in [0.1, 0.15) is 97.8 Å². The maximum atomic E-state index is 2.43. The first-order valence-electron chi connectivity index (χ1n) is 8.26. The van der Waals surface area contributed by atoms with E-state index in [9.17, 15) is 0 Å². The van der Waals surface area contributed by atoms with Crippen molar-refractivity contribution in [1.82, 2.24) is 0 Å². The second-order valence-corrected chi connectivity index (χ2v) is 6.40. The molecule has 1 fully saturated rings. The van der Waals surface area contributed by atoms with Crippen LogP contribution in [-0.2, 0) is 0 Å². The Hall–Kier alpha value is 0. The number of hydrogen-bond donors (Lipinski definition) is 0. The Balaban J connectivity index is 2.29. The van der Waals surface area contributed by atoms with E-state index in [0.29, 0.717) is 0 Å². The van der Waals surface area contributed by atoms with Crippen molar-refractivity contribution in [3.8, 4) is 0 Å². The SMILES string of the molecule is CCCCCC1(CC)CCC(CCCC)CC1. The highest BCUT2D eigenvalue weighted by atomic mass is 14.4. The Kier molecular flexibility index (Phi) is 7.23. The average Bonchev–Trinajstić information content (AvgIpc) is 2.38. The summed E-state index contributed by atoms with van der Waals surface area (Å²) in [5.41, 5.74) is 0.748. The van der Waals surface area contributed by atoms with Crippen LogP contribution in [-0.4, -0.2) is 0 Å². The molecular formula is C17H34. The lowest BCUT2D eigenvalue weighted by Gasteiger charge is -2.40. The van der Waals surface area contributed by atoms with Crippen molar-refractivity contribution in [3.63, 3.8) is 0 Å². The highest BCUT2D eigenvalue weighted by Gasteiger charge is 2.32. The number of hydrogen-bond acceptors (Lipinski definition) is 0. The predicted molar refractivity (Wildman–Crippen MR) is 78.3 cm³/mol. The van der Waals surface area contributed by atoms with E-state index in [1.165, 1.54) is 77.0 Å². The topological polar surface area (TPSA) is 0 Å². The third kappa shape index (κ3) is 5.02. The van der Waals surface area contributed by atoms with Crippen LogP contribution in [0.5, 0.6) is 0 Å². The van der Waals surface area contributed by atoms with E-state index in [2.05, 4.69) is 20.8 Å². The van der Waals surface area contributed by atoms with Crippen LogP contribution in [0.15, 0.2) is 0 Å². The molecular weight excluding hydrogens is 204 g/mol. The van der Waals surface area contributed by atoms with Crippen LogP contribution < -0.4 is 0 Å². The molecule has 0 nitrogen and oxygen atoms in total. The quantitative estimate of drug-likeness (QED) is 0.433. The van der Waals surface area contributed by atoms with Crippen molar-refractivity contribution in [2.45, 2.75) is 97.8 Å². The summed E-state index contributed by atoms with van der Waals surface area (Å²) in [5.74, 6) is 1.07. The fraction of sp³-hybridized carbons (Fsp3) is 1.00. The summed E-state index contributed by atoms with van der Waals surface area (Å²) < 4.78 is 0. The van der Waals surface area contributed by atoms with Crippen molar-refractivity contribution in [2.24, 2.45) is 11.3 Å². The Morgan fingerprint density at radius 2 is 1.53 bits per heavy atom. The minimum absolute atomic E-state index is 0.748. The summed E-state index contributed by atoms with van der Waals surface area (Å²) >= 11 is 0. The third-order valence-electron chi connectivity index (χ3n) is 5.19. The lowest BCUT2D eigenvalue weighted by atomic mass is 9.66. The van der Waals surface area contributed by atoms with Crippen LogP contribution in [0.4, 0.5) is 0 Å². The van der Waals surface area contributed by atoms with Gasteiger partial charge in [0, 0.05) is 0 Å². The molecule has 1 saturated carbocycles. The van der Waals surface area contributed by atoms with Crippen molar-refractivity contribution in [1.29, 1.82) is 0 Å². The molecule has 0 aromatic carbocycles. The van der Waals surface area contributed by atoms with Crippen LogP contribution in [0.25, 0.3) is 0 Å². The molecule has 0 heteroatoms. The van der Waals surface area contributed by atoms with Crippen LogP contribution >= 0.6 is 0 Å². The molecule has 0 aliphatic heterocycles. The van der Waals surface area contributed by atoms with E-state index < -0.39 is 0 Å². The molecule has 0 aromatic rings. The van der Waals surface area contributed by atoms with Gasteiger partial charge in [0.25, 0.3) is 0 Å². The van der Waals surface area contributed by atoms with E-state index in [4.69, 9.17) is 0 Å². The minimum atomic E-state index is 0.748. The Bertz CT molecular complexity index is 174. The van der Waals surface area contributed by atoms with E-state index in [0.717, 1.165) is 11.3 Å². The number of unbranched alkanes of at least 4 members (excludes halogenated alkanes) is 3. The lowest BCUT2D eigenvalue weighted by molar-refractivity contribution is 0.121. The molecule has 0 saturated heterocycles. The molecule has 0 spiro atoms. The maximum absolute atomic E-state index is 2.43. The summed E-state index contributed by atoms with van der Waals surface area (Å²) in [6.45, 7) is 7.07. The van der Waals surface area contributed by atoms with Crippen molar-refractivity contribution in [2.75, 3.05) is 0 Å². The Morgan fingerprint density at radius 3 is 2.06 bits per heavy atom. The van der Waals surface area contributed by atoms with Crippen molar-refractivity contribution in [3.05, 3.63) is 0 Å². The molecule has 0 radical (unpaired) electrons. The van der Waals surface area contributed by atoms with Gasteiger partial charge in [-0.3, -0.25) is 0 Å². The van der Waals surface area contributed by atoms with Gasteiger partial charge in [-0.15, -0.1) is 0 Å². The lowest BCUT2D eigenvalue weighted by Crippen LogP contribution is -2.27. The molecule has 0 unspecified atom stereocenters. The van der Waals surface area contributed by atoms with Gasteiger partial charge in [0.1, 0.15) is 0 Å². The van der Waals surface area contributed by atoms with Crippen LogP contribution in [0, 0.1) is 11.3 Å². The zero-order chi connectivity index (χ0) is 12.6. The molecule has 102 valence electrons. The molecule has 0 atom stereocenters. The van der Waals surface area contributed by atoms with Gasteiger partial charge in [0.2, 0.25) is 0 Å². The molecule has 0 heterocycles. The second-order valence-electron chi connectivity index (χ2n) is 6.40. The maximum Gasteiger partial charge on any atom is -0.0300 e. The monoisotopic (exact) mass is 238 g/mol. The van der Waals surface area contributed by atoms with Gasteiger partial charge in [-0.05, 0) is 43.4 Å². The zero-order valence-electron chi connectivity index (χ0n) is 12.6. The molecule has 1 aliphatic rings. The van der Waals surface area contributed by atoms with E-state index in [1.807, 2.05) is 0 Å². The molecule has 1 aliphatic carbocycles. The van der Waals surface area contributed by atoms with E-state index >= 15 is 0 Å². The summed E-state index contributed by atoms with van der Waals surface area (Å²) in [7, 11) is 0. The van der Waals surface area contributed by atoms with E-state index in [1.54, 1.807) is 0 Å². The van der Waals surface area contributed by atoms with Gasteiger partial charge in [0.05, 0.1) is 0 Å². The van der Waals surface area contributed by atoms with Crippen LogP contribution in [0.2, 0.25) is 0 Å². The van der Waals surface area contributed by atoms with Crippen molar-refractivity contribution < 1.29 is 0 Å². The zero-order valence-corrected chi connectivity index (χ0v) is 12.6. The van der Waals surface area contributed by atoms with Gasteiger partial charge >= 0.3 is 0 Å². The molecule has 17 heavy (non-hydrogen) atoms. The first kappa shape index (κ1) is 15.1. The second kappa shape index (κ2) is 8.16. The van der Waals surface area contributed by atoms with Gasteiger partial charge in [0.15, 0.2) is 0 Å². The summed E-state index contributed by atoms with van der Waals surface area (Å²) in [6, 6.07) is 0.